The minimum absolute atomic E-state index is 0.142. The van der Waals surface area contributed by atoms with E-state index in [2.05, 4.69) is 10.3 Å². The molecule has 0 amide bonds. The van der Waals surface area contributed by atoms with Gasteiger partial charge in [0.05, 0.1) is 12.1 Å². The SMILES string of the molecule is O=[NH+]c1cc(F)c(NCCc2c[nH]c3ccccc23)c(F)c1. The minimum atomic E-state index is -0.794. The van der Waals surface area contributed by atoms with Gasteiger partial charge in [0.1, 0.15) is 5.69 Å². The van der Waals surface area contributed by atoms with E-state index in [-0.39, 0.29) is 11.4 Å². The highest BCUT2D eigenvalue weighted by Gasteiger charge is 2.14. The molecule has 4 nitrogen and oxygen atoms in total. The van der Waals surface area contributed by atoms with Crippen molar-refractivity contribution in [2.75, 3.05) is 11.9 Å². The summed E-state index contributed by atoms with van der Waals surface area (Å²) in [5.41, 5.74) is 1.73. The molecule has 2 aromatic carbocycles. The largest absolute Gasteiger partial charge is 0.380 e. The summed E-state index contributed by atoms with van der Waals surface area (Å²) >= 11 is 0. The molecular weight excluding hydrogens is 288 g/mol. The van der Waals surface area contributed by atoms with Gasteiger partial charge in [-0.25, -0.2) is 8.78 Å². The van der Waals surface area contributed by atoms with Crippen LogP contribution >= 0.6 is 0 Å². The van der Waals surface area contributed by atoms with Crippen molar-refractivity contribution < 1.29 is 14.0 Å². The molecule has 1 heterocycles. The molecule has 22 heavy (non-hydrogen) atoms. The number of hydrogen-bond donors (Lipinski definition) is 3. The van der Waals surface area contributed by atoms with Crippen LogP contribution in [0.2, 0.25) is 0 Å². The number of nitrogens with one attached hydrogen (secondary N) is 3. The highest BCUT2D eigenvalue weighted by Crippen LogP contribution is 2.22. The monoisotopic (exact) mass is 302 g/mol. The van der Waals surface area contributed by atoms with Gasteiger partial charge in [0.25, 0.3) is 5.69 Å². The van der Waals surface area contributed by atoms with Crippen LogP contribution in [-0.2, 0) is 6.42 Å². The van der Waals surface area contributed by atoms with Crippen molar-refractivity contribution >= 4 is 22.3 Å². The van der Waals surface area contributed by atoms with Crippen LogP contribution in [0.1, 0.15) is 5.56 Å². The predicted octanol–water partition coefficient (Wildman–Crippen LogP) is 2.58. The summed E-state index contributed by atoms with van der Waals surface area (Å²) in [5.74, 6) is -1.59. The summed E-state index contributed by atoms with van der Waals surface area (Å²) in [6.45, 7) is 0.375. The fourth-order valence-corrected chi connectivity index (χ4v) is 2.46. The average Bonchev–Trinajstić information content (AvgIpc) is 2.93. The molecule has 0 bridgehead atoms. The van der Waals surface area contributed by atoms with Crippen LogP contribution in [0.3, 0.4) is 0 Å². The number of aromatic nitrogens is 1. The average molecular weight is 302 g/mol. The van der Waals surface area contributed by atoms with Gasteiger partial charge in [0, 0.05) is 33.7 Å². The predicted molar refractivity (Wildman–Crippen MR) is 80.8 cm³/mol. The number of aromatic amines is 1. The van der Waals surface area contributed by atoms with E-state index in [1.165, 1.54) is 5.18 Å². The first-order valence-electron chi connectivity index (χ1n) is 6.85. The van der Waals surface area contributed by atoms with Crippen molar-refractivity contribution in [3.63, 3.8) is 0 Å². The van der Waals surface area contributed by atoms with E-state index in [0.29, 0.717) is 13.0 Å². The Labute approximate surface area is 125 Å². The summed E-state index contributed by atoms with van der Waals surface area (Å²) in [6, 6.07) is 9.78. The molecule has 0 aliphatic rings. The molecule has 0 aliphatic heterocycles. The van der Waals surface area contributed by atoms with Crippen molar-refractivity contribution in [1.29, 1.82) is 0 Å². The smallest absolute Gasteiger partial charge is 0.259 e. The van der Waals surface area contributed by atoms with E-state index in [0.717, 1.165) is 28.6 Å². The third kappa shape index (κ3) is 2.67. The normalized spacial score (nSPS) is 10.8. The fraction of sp³-hybridized carbons (Fsp3) is 0.125. The third-order valence-electron chi connectivity index (χ3n) is 3.53. The van der Waals surface area contributed by atoms with Crippen LogP contribution in [0.4, 0.5) is 20.2 Å². The Kier molecular flexibility index (Phi) is 3.82. The Bertz CT molecular complexity index is 806. The van der Waals surface area contributed by atoms with Gasteiger partial charge in [0.2, 0.25) is 0 Å². The molecule has 0 atom stereocenters. The Morgan fingerprint density at radius 3 is 2.59 bits per heavy atom. The van der Waals surface area contributed by atoms with Crippen molar-refractivity contribution in [3.8, 4) is 0 Å². The highest BCUT2D eigenvalue weighted by molar-refractivity contribution is 5.83. The zero-order valence-corrected chi connectivity index (χ0v) is 11.6. The molecule has 0 saturated heterocycles. The fourth-order valence-electron chi connectivity index (χ4n) is 2.46. The van der Waals surface area contributed by atoms with E-state index in [1.807, 2.05) is 30.5 Å². The number of anilines is 1. The summed E-state index contributed by atoms with van der Waals surface area (Å²) in [5, 5.41) is 5.31. The summed E-state index contributed by atoms with van der Waals surface area (Å²) in [7, 11) is 0. The zero-order chi connectivity index (χ0) is 15.5. The molecule has 0 spiro atoms. The number of para-hydroxylation sites is 1. The second kappa shape index (κ2) is 5.93. The molecule has 3 rings (SSSR count). The first-order valence-corrected chi connectivity index (χ1v) is 6.85. The lowest BCUT2D eigenvalue weighted by atomic mass is 10.1. The number of hydrogen-bond acceptors (Lipinski definition) is 2. The molecule has 0 saturated carbocycles. The Balaban J connectivity index is 1.72. The van der Waals surface area contributed by atoms with Gasteiger partial charge < -0.3 is 10.3 Å². The van der Waals surface area contributed by atoms with Crippen LogP contribution in [0, 0.1) is 16.5 Å². The zero-order valence-electron chi connectivity index (χ0n) is 11.6. The van der Waals surface area contributed by atoms with Crippen LogP contribution < -0.4 is 10.5 Å². The van der Waals surface area contributed by atoms with Crippen molar-refractivity contribution in [2.45, 2.75) is 6.42 Å². The van der Waals surface area contributed by atoms with E-state index in [4.69, 9.17) is 0 Å². The van der Waals surface area contributed by atoms with E-state index in [1.54, 1.807) is 0 Å². The van der Waals surface area contributed by atoms with E-state index in [9.17, 15) is 13.7 Å². The number of halogens is 2. The number of nitroso groups, excluding NO2 is 1. The standard InChI is InChI=1S/C16H13F2N3O/c17-13-7-11(21-22)8-14(18)16(13)19-6-5-10-9-20-15-4-2-1-3-12(10)15/h1-4,7-9,19-20H,5-6H2/p+1. The van der Waals surface area contributed by atoms with E-state index >= 15 is 0 Å². The van der Waals surface area contributed by atoms with E-state index < -0.39 is 11.6 Å². The van der Waals surface area contributed by atoms with Gasteiger partial charge in [-0.05, 0) is 18.1 Å². The molecule has 3 N–H and O–H groups in total. The van der Waals surface area contributed by atoms with Crippen molar-refractivity contribution in [1.82, 2.24) is 4.98 Å². The lowest BCUT2D eigenvalue weighted by Crippen LogP contribution is -2.55. The summed E-state index contributed by atoms with van der Waals surface area (Å²) < 4.78 is 27.5. The lowest BCUT2D eigenvalue weighted by Gasteiger charge is -2.08. The van der Waals surface area contributed by atoms with Gasteiger partial charge in [-0.1, -0.05) is 18.2 Å². The van der Waals surface area contributed by atoms with Crippen LogP contribution in [0.25, 0.3) is 10.9 Å². The van der Waals surface area contributed by atoms with Crippen molar-refractivity contribution in [2.24, 2.45) is 0 Å². The lowest BCUT2D eigenvalue weighted by molar-refractivity contribution is -0.379. The first kappa shape index (κ1) is 14.2. The molecule has 0 fully saturated rings. The second-order valence-electron chi connectivity index (χ2n) is 4.95. The highest BCUT2D eigenvalue weighted by atomic mass is 19.1. The molecule has 1 aromatic heterocycles. The molecule has 0 aliphatic carbocycles. The quantitative estimate of drug-likeness (QED) is 0.678. The van der Waals surface area contributed by atoms with Gasteiger partial charge >= 0.3 is 0 Å². The Morgan fingerprint density at radius 2 is 1.86 bits per heavy atom. The van der Waals surface area contributed by atoms with Crippen LogP contribution in [-0.4, -0.2) is 11.5 Å². The molecule has 6 heteroatoms. The third-order valence-corrected chi connectivity index (χ3v) is 3.53. The first-order chi connectivity index (χ1) is 10.7. The molecule has 0 unspecified atom stereocenters. The number of benzene rings is 2. The molecular formula is C16H14F2N3O+. The molecule has 3 aromatic rings. The van der Waals surface area contributed by atoms with Crippen molar-refractivity contribution in [3.05, 3.63) is 64.7 Å². The van der Waals surface area contributed by atoms with Gasteiger partial charge in [-0.2, -0.15) is 0 Å². The Hall–Kier alpha value is -2.76. The maximum absolute atomic E-state index is 13.7. The van der Waals surface area contributed by atoms with Crippen LogP contribution in [0.5, 0.6) is 0 Å². The van der Waals surface area contributed by atoms with Gasteiger partial charge in [0.15, 0.2) is 11.6 Å². The van der Waals surface area contributed by atoms with Crippen LogP contribution in [0.15, 0.2) is 42.6 Å². The summed E-state index contributed by atoms with van der Waals surface area (Å²) in [6.07, 6.45) is 2.51. The molecule has 0 radical (unpaired) electrons. The summed E-state index contributed by atoms with van der Waals surface area (Å²) in [4.78, 5) is 13.6. The topological polar surface area (TPSA) is 58.9 Å². The minimum Gasteiger partial charge on any atom is -0.380 e. The number of H-pyrrole nitrogens is 1. The van der Waals surface area contributed by atoms with Gasteiger partial charge in [-0.15, -0.1) is 0 Å². The number of rotatable bonds is 5. The Morgan fingerprint density at radius 1 is 1.14 bits per heavy atom. The maximum Gasteiger partial charge on any atom is 0.259 e. The second-order valence-corrected chi connectivity index (χ2v) is 4.95. The maximum atomic E-state index is 13.7. The molecule has 112 valence electrons. The van der Waals surface area contributed by atoms with Gasteiger partial charge in [-0.3, -0.25) is 0 Å². The number of fused-ring (bicyclic) bond motifs is 1.